The van der Waals surface area contributed by atoms with Gasteiger partial charge in [-0.3, -0.25) is 14.1 Å². The first kappa shape index (κ1) is 27.8. The molecule has 1 atom stereocenters. The lowest BCUT2D eigenvalue weighted by atomic mass is 9.78. The van der Waals surface area contributed by atoms with E-state index in [1.807, 2.05) is 34.6 Å². The van der Waals surface area contributed by atoms with Gasteiger partial charge >= 0.3 is 5.97 Å². The third-order valence-electron chi connectivity index (χ3n) is 6.95. The van der Waals surface area contributed by atoms with E-state index in [2.05, 4.69) is 18.0 Å². The third kappa shape index (κ3) is 5.08. The van der Waals surface area contributed by atoms with E-state index in [1.165, 1.54) is 10.4 Å². The van der Waals surface area contributed by atoms with Gasteiger partial charge < -0.3 is 9.84 Å². The number of halogens is 1. The summed E-state index contributed by atoms with van der Waals surface area (Å²) in [5.41, 5.74) is 5.65. The van der Waals surface area contributed by atoms with Crippen molar-refractivity contribution in [2.24, 2.45) is 5.92 Å². The number of hydrogen-bond donors (Lipinski definition) is 1. The first-order valence-electron chi connectivity index (χ1n) is 12.6. The number of carbonyl (C=O) groups is 1. The maximum absolute atomic E-state index is 14.2. The first-order valence-corrected chi connectivity index (χ1v) is 14.5. The number of rotatable bonds is 5. The highest BCUT2D eigenvalue weighted by Crippen LogP contribution is 2.50. The number of pyridine rings is 1. The zero-order chi connectivity index (χ0) is 28.3. The van der Waals surface area contributed by atoms with Crippen LogP contribution in [0.25, 0.3) is 16.8 Å². The number of fused-ring (bicyclic) bond motifs is 3. The number of aromatic nitrogens is 1. The third-order valence-corrected chi connectivity index (χ3v) is 8.06. The van der Waals surface area contributed by atoms with E-state index in [1.54, 1.807) is 6.92 Å². The van der Waals surface area contributed by atoms with Crippen LogP contribution in [0.15, 0.2) is 29.7 Å². The zero-order valence-electron chi connectivity index (χ0n) is 23.2. The lowest BCUT2D eigenvalue weighted by molar-refractivity contribution is -0.136. The molecule has 7 nitrogen and oxygen atoms in total. The number of nitrogens with zero attached hydrogens (tertiary/aromatic N) is 2. The Morgan fingerprint density at radius 3 is 2.45 bits per heavy atom. The van der Waals surface area contributed by atoms with Crippen molar-refractivity contribution in [2.45, 2.75) is 73.5 Å². The maximum Gasteiger partial charge on any atom is 0.307 e. The Morgan fingerprint density at radius 2 is 1.87 bits per heavy atom. The van der Waals surface area contributed by atoms with Crippen molar-refractivity contribution in [1.29, 1.82) is 0 Å². The van der Waals surface area contributed by atoms with Crippen molar-refractivity contribution in [3.8, 4) is 11.3 Å². The summed E-state index contributed by atoms with van der Waals surface area (Å²) in [6.45, 7) is 13.5. The zero-order valence-corrected chi connectivity index (χ0v) is 24.0. The summed E-state index contributed by atoms with van der Waals surface area (Å²) in [7, 11) is -3.78. The van der Waals surface area contributed by atoms with Crippen molar-refractivity contribution in [3.05, 3.63) is 63.3 Å². The minimum atomic E-state index is -3.78. The number of anilines is 1. The molecule has 2 heterocycles. The number of carboxylic acid groups (broad SMARTS) is 1. The average molecular weight is 543 g/mol. The van der Waals surface area contributed by atoms with Crippen LogP contribution in [-0.4, -0.2) is 36.3 Å². The second-order valence-electron chi connectivity index (χ2n) is 11.4. The Bertz CT molecular complexity index is 1520. The van der Waals surface area contributed by atoms with E-state index >= 15 is 0 Å². The molecule has 4 rings (SSSR count). The number of allylic oxidation sites excluding steroid dienone is 4. The van der Waals surface area contributed by atoms with E-state index in [9.17, 15) is 22.7 Å². The Balaban J connectivity index is 2.19. The maximum atomic E-state index is 14.2. The molecular formula is C29H35FN2O5S. The molecule has 1 unspecified atom stereocenters. The largest absolute Gasteiger partial charge is 0.492 e. The predicted molar refractivity (Wildman–Crippen MR) is 147 cm³/mol. The number of ether oxygens (including phenoxy) is 1. The van der Waals surface area contributed by atoms with Crippen molar-refractivity contribution in [2.75, 3.05) is 10.6 Å². The molecule has 1 aromatic heterocycles. The van der Waals surface area contributed by atoms with Crippen molar-refractivity contribution in [1.82, 2.24) is 4.98 Å². The molecule has 38 heavy (non-hydrogen) atoms. The highest BCUT2D eigenvalue weighted by Gasteiger charge is 2.37. The van der Waals surface area contributed by atoms with Crippen LogP contribution in [-0.2, 0) is 32.5 Å². The van der Waals surface area contributed by atoms with E-state index in [0.29, 0.717) is 51.2 Å². The highest BCUT2D eigenvalue weighted by atomic mass is 32.2. The average Bonchev–Trinajstić information content (AvgIpc) is 2.75. The van der Waals surface area contributed by atoms with Gasteiger partial charge in [0.25, 0.3) is 0 Å². The second kappa shape index (κ2) is 9.52. The summed E-state index contributed by atoms with van der Waals surface area (Å²) >= 11 is 0. The monoisotopic (exact) mass is 542 g/mol. The molecule has 1 aromatic carbocycles. The molecule has 0 fully saturated rings. The number of aliphatic carboxylic acids is 1. The highest BCUT2D eigenvalue weighted by molar-refractivity contribution is 7.92. The molecule has 1 aliphatic heterocycles. The topological polar surface area (TPSA) is 96.8 Å². The van der Waals surface area contributed by atoms with Crippen molar-refractivity contribution >= 4 is 27.3 Å². The smallest absolute Gasteiger partial charge is 0.307 e. The van der Waals surface area contributed by atoms with Crippen LogP contribution in [0.4, 0.5) is 10.1 Å². The standard InChI is InChI=1S/C29H35FN2O5S/c1-15-9-16(2)24(22(10-15)37-29(5,6)7)25-18(4)26-27-19(11-20(30)13-31-27)14-32(38(8,35)36)28(26)17(3)21(25)12-23(33)34/h9,11,13,15H,10,12,14H2,1-8H3,(H,33,34). The fourth-order valence-corrected chi connectivity index (χ4v) is 6.62. The van der Waals surface area contributed by atoms with Gasteiger partial charge in [0, 0.05) is 23.1 Å². The molecular weight excluding hydrogens is 507 g/mol. The normalized spacial score (nSPS) is 17.7. The van der Waals surface area contributed by atoms with Crippen molar-refractivity contribution in [3.63, 3.8) is 0 Å². The van der Waals surface area contributed by atoms with Gasteiger partial charge in [-0.25, -0.2) is 12.8 Å². The lowest BCUT2D eigenvalue weighted by Gasteiger charge is -2.36. The van der Waals surface area contributed by atoms with Gasteiger partial charge in [0.05, 0.1) is 36.8 Å². The Kier molecular flexibility index (Phi) is 6.97. The first-order chi connectivity index (χ1) is 17.5. The predicted octanol–water partition coefficient (Wildman–Crippen LogP) is 5.92. The van der Waals surface area contributed by atoms with Crippen LogP contribution in [0.1, 0.15) is 68.9 Å². The van der Waals surface area contributed by atoms with Gasteiger partial charge in [0.15, 0.2) is 0 Å². The van der Waals surface area contributed by atoms with Gasteiger partial charge in [0.2, 0.25) is 10.0 Å². The summed E-state index contributed by atoms with van der Waals surface area (Å²) in [6, 6.07) is 1.31. The molecule has 1 aliphatic carbocycles. The molecule has 9 heteroatoms. The van der Waals surface area contributed by atoms with Crippen LogP contribution in [0, 0.1) is 25.6 Å². The lowest BCUT2D eigenvalue weighted by Crippen LogP contribution is -2.34. The quantitative estimate of drug-likeness (QED) is 0.504. The van der Waals surface area contributed by atoms with Crippen LogP contribution in [0.3, 0.4) is 0 Å². The molecule has 0 saturated heterocycles. The summed E-state index contributed by atoms with van der Waals surface area (Å²) in [6.07, 6.45) is 4.71. The van der Waals surface area contributed by atoms with Gasteiger partial charge in [-0.05, 0) is 81.4 Å². The Hall–Kier alpha value is -3.20. The number of benzene rings is 1. The summed E-state index contributed by atoms with van der Waals surface area (Å²) in [5.74, 6) is -0.589. The summed E-state index contributed by atoms with van der Waals surface area (Å²) in [5, 5.41) is 9.94. The summed E-state index contributed by atoms with van der Waals surface area (Å²) < 4.78 is 47.9. The fourth-order valence-electron chi connectivity index (χ4n) is 5.68. The van der Waals surface area contributed by atoms with E-state index < -0.39 is 27.4 Å². The SMILES string of the molecule is CC1=CC(C)CC(OC(C)(C)C)=C1c1c(C)c2c(c(C)c1CC(=O)O)N(S(C)(=O)=O)Cc1cc(F)cnc1-2. The molecule has 2 aliphatic rings. The molecule has 0 amide bonds. The summed E-state index contributed by atoms with van der Waals surface area (Å²) in [4.78, 5) is 16.5. The van der Waals surface area contributed by atoms with Gasteiger partial charge in [-0.2, -0.15) is 0 Å². The molecule has 0 saturated carbocycles. The minimum absolute atomic E-state index is 0.0877. The molecule has 0 bridgehead atoms. The van der Waals surface area contributed by atoms with Crippen molar-refractivity contribution < 1.29 is 27.4 Å². The molecule has 1 N–H and O–H groups in total. The van der Waals surface area contributed by atoms with E-state index in [0.717, 1.165) is 29.4 Å². The Morgan fingerprint density at radius 1 is 1.21 bits per heavy atom. The molecule has 0 spiro atoms. The Labute approximate surface area is 224 Å². The van der Waals surface area contributed by atoms with Crippen LogP contribution >= 0.6 is 0 Å². The van der Waals surface area contributed by atoms with Crippen LogP contribution in [0.2, 0.25) is 0 Å². The fraction of sp³-hybridized carbons (Fsp3) is 0.448. The van der Waals surface area contributed by atoms with E-state index in [4.69, 9.17) is 4.74 Å². The van der Waals surface area contributed by atoms with Crippen LogP contribution < -0.4 is 4.31 Å². The molecule has 0 radical (unpaired) electrons. The number of carboxylic acids is 1. The number of sulfonamides is 1. The number of hydrogen-bond acceptors (Lipinski definition) is 5. The van der Waals surface area contributed by atoms with Crippen LogP contribution in [0.5, 0.6) is 0 Å². The van der Waals surface area contributed by atoms with Gasteiger partial charge in [0.1, 0.15) is 17.2 Å². The van der Waals surface area contributed by atoms with E-state index in [-0.39, 0.29) is 18.9 Å². The molecule has 2 aromatic rings. The second-order valence-corrected chi connectivity index (χ2v) is 13.3. The van der Waals surface area contributed by atoms with Gasteiger partial charge in [-0.1, -0.05) is 13.0 Å². The molecule has 204 valence electrons. The van der Waals surface area contributed by atoms with Gasteiger partial charge in [-0.15, -0.1) is 0 Å². The minimum Gasteiger partial charge on any atom is -0.492 e.